The van der Waals surface area contributed by atoms with Crippen LogP contribution in [0.5, 0.6) is 0 Å². The molecule has 1 aliphatic rings. The summed E-state index contributed by atoms with van der Waals surface area (Å²) in [5.74, 6) is 0.311. The van der Waals surface area contributed by atoms with Crippen molar-refractivity contribution in [3.05, 3.63) is 53.4 Å². The summed E-state index contributed by atoms with van der Waals surface area (Å²) in [5, 5.41) is 12.0. The van der Waals surface area contributed by atoms with E-state index in [1.807, 2.05) is 24.3 Å². The summed E-state index contributed by atoms with van der Waals surface area (Å²) >= 11 is 7.29. The molecular formula is C18H19ClN4O3S. The van der Waals surface area contributed by atoms with E-state index in [1.54, 1.807) is 6.92 Å². The van der Waals surface area contributed by atoms with Crippen molar-refractivity contribution in [2.75, 3.05) is 6.54 Å². The molecule has 1 aromatic heterocycles. The standard InChI is InChI=1S/C18H19ClN4O3S/c1-3-8-23-16(24)14(11(2)20-17(23)25)9-15-21-22-18(26-15)27-10-12-4-6-13(19)7-5-12/h3-7,11,14H,1,8-10H2,2H3,(H,20,25). The Balaban J connectivity index is 1.62. The Morgan fingerprint density at radius 3 is 2.78 bits per heavy atom. The zero-order chi connectivity index (χ0) is 19.4. The maximum atomic E-state index is 12.6. The van der Waals surface area contributed by atoms with E-state index in [4.69, 9.17) is 16.0 Å². The number of hydrogen-bond donors (Lipinski definition) is 1. The van der Waals surface area contributed by atoms with Crippen LogP contribution in [0.25, 0.3) is 0 Å². The van der Waals surface area contributed by atoms with Gasteiger partial charge in [-0.3, -0.25) is 9.69 Å². The average molecular weight is 407 g/mol. The first-order valence-corrected chi connectivity index (χ1v) is 9.76. The highest BCUT2D eigenvalue weighted by Gasteiger charge is 2.39. The number of halogens is 1. The number of amides is 3. The fourth-order valence-corrected chi connectivity index (χ4v) is 3.61. The van der Waals surface area contributed by atoms with E-state index in [1.165, 1.54) is 17.8 Å². The van der Waals surface area contributed by atoms with Crippen LogP contribution in [0, 0.1) is 5.92 Å². The van der Waals surface area contributed by atoms with Crippen molar-refractivity contribution >= 4 is 35.3 Å². The minimum Gasteiger partial charge on any atom is -0.416 e. The monoisotopic (exact) mass is 406 g/mol. The Morgan fingerprint density at radius 1 is 1.33 bits per heavy atom. The van der Waals surface area contributed by atoms with Crippen LogP contribution in [0.4, 0.5) is 4.79 Å². The normalized spacial score (nSPS) is 19.9. The Kier molecular flexibility index (Phi) is 6.18. The van der Waals surface area contributed by atoms with Crippen LogP contribution < -0.4 is 5.32 Å². The number of carbonyl (C=O) groups is 2. The smallest absolute Gasteiger partial charge is 0.324 e. The molecule has 1 aromatic carbocycles. The molecule has 0 bridgehead atoms. The largest absolute Gasteiger partial charge is 0.416 e. The molecule has 1 aliphatic heterocycles. The number of aromatic nitrogens is 2. The van der Waals surface area contributed by atoms with E-state index >= 15 is 0 Å². The zero-order valence-corrected chi connectivity index (χ0v) is 16.3. The molecule has 0 saturated carbocycles. The second-order valence-corrected chi connectivity index (χ2v) is 7.53. The van der Waals surface area contributed by atoms with Gasteiger partial charge >= 0.3 is 6.03 Å². The number of rotatable bonds is 7. The summed E-state index contributed by atoms with van der Waals surface area (Å²) in [6.45, 7) is 5.54. The van der Waals surface area contributed by atoms with Crippen LogP contribution >= 0.6 is 23.4 Å². The van der Waals surface area contributed by atoms with Gasteiger partial charge in [-0.2, -0.15) is 0 Å². The van der Waals surface area contributed by atoms with Gasteiger partial charge in [-0.25, -0.2) is 4.79 Å². The fraction of sp³-hybridized carbons (Fsp3) is 0.333. The summed E-state index contributed by atoms with van der Waals surface area (Å²) in [5.41, 5.74) is 1.09. The van der Waals surface area contributed by atoms with Crippen LogP contribution in [0.2, 0.25) is 5.02 Å². The second kappa shape index (κ2) is 8.58. The molecule has 1 N–H and O–H groups in total. The number of benzene rings is 1. The lowest BCUT2D eigenvalue weighted by Gasteiger charge is -2.34. The number of imide groups is 1. The molecule has 9 heteroatoms. The quantitative estimate of drug-likeness (QED) is 0.560. The van der Waals surface area contributed by atoms with Crippen molar-refractivity contribution < 1.29 is 14.0 Å². The van der Waals surface area contributed by atoms with Crippen LogP contribution in [0.15, 0.2) is 46.6 Å². The number of urea groups is 1. The predicted octanol–water partition coefficient (Wildman–Crippen LogP) is 3.30. The number of nitrogens with one attached hydrogen (secondary N) is 1. The lowest BCUT2D eigenvalue weighted by atomic mass is 9.93. The van der Waals surface area contributed by atoms with Crippen molar-refractivity contribution in [2.24, 2.45) is 5.92 Å². The Morgan fingerprint density at radius 2 is 2.07 bits per heavy atom. The SMILES string of the molecule is C=CCN1C(=O)NC(C)C(Cc2nnc(SCc3ccc(Cl)cc3)o2)C1=O. The number of thioether (sulfide) groups is 1. The van der Waals surface area contributed by atoms with Crippen molar-refractivity contribution in [1.29, 1.82) is 0 Å². The number of nitrogens with zero attached hydrogens (tertiary/aromatic N) is 3. The van der Waals surface area contributed by atoms with Crippen molar-refractivity contribution in [1.82, 2.24) is 20.4 Å². The molecule has 0 spiro atoms. The zero-order valence-electron chi connectivity index (χ0n) is 14.7. The van der Waals surface area contributed by atoms with Crippen molar-refractivity contribution in [3.8, 4) is 0 Å². The topological polar surface area (TPSA) is 88.3 Å². The molecular weight excluding hydrogens is 388 g/mol. The lowest BCUT2D eigenvalue weighted by Crippen LogP contribution is -2.59. The molecule has 0 radical (unpaired) electrons. The average Bonchev–Trinajstić information content (AvgIpc) is 3.09. The molecule has 0 aliphatic carbocycles. The lowest BCUT2D eigenvalue weighted by molar-refractivity contribution is -0.134. The molecule has 2 heterocycles. The maximum Gasteiger partial charge on any atom is 0.324 e. The first-order chi connectivity index (χ1) is 13.0. The number of hydrogen-bond acceptors (Lipinski definition) is 6. The van der Waals surface area contributed by atoms with Crippen LogP contribution in [0.1, 0.15) is 18.4 Å². The summed E-state index contributed by atoms with van der Waals surface area (Å²) in [4.78, 5) is 25.7. The van der Waals surface area contributed by atoms with Gasteiger partial charge in [0.15, 0.2) is 0 Å². The highest BCUT2D eigenvalue weighted by atomic mass is 35.5. The Hall–Kier alpha value is -2.32. The van der Waals surface area contributed by atoms with Gasteiger partial charge in [-0.15, -0.1) is 16.8 Å². The highest BCUT2D eigenvalue weighted by Crippen LogP contribution is 2.25. The Bertz CT molecular complexity index is 839. The van der Waals surface area contributed by atoms with Gasteiger partial charge in [0, 0.05) is 29.8 Å². The molecule has 1 saturated heterocycles. The van der Waals surface area contributed by atoms with Crippen molar-refractivity contribution in [3.63, 3.8) is 0 Å². The van der Waals surface area contributed by atoms with Crippen molar-refractivity contribution in [2.45, 2.75) is 30.4 Å². The molecule has 7 nitrogen and oxygen atoms in total. The van der Waals surface area contributed by atoms with Gasteiger partial charge in [0.2, 0.25) is 11.8 Å². The molecule has 1 fully saturated rings. The number of carbonyl (C=O) groups excluding carboxylic acids is 2. The van der Waals surface area contributed by atoms with Crippen LogP contribution in [-0.4, -0.2) is 39.6 Å². The van der Waals surface area contributed by atoms with E-state index in [2.05, 4.69) is 22.1 Å². The van der Waals surface area contributed by atoms with E-state index in [9.17, 15) is 9.59 Å². The van der Waals surface area contributed by atoms with Gasteiger partial charge in [0.05, 0.1) is 5.92 Å². The van der Waals surface area contributed by atoms with Gasteiger partial charge < -0.3 is 9.73 Å². The molecule has 2 aromatic rings. The van der Waals surface area contributed by atoms with Gasteiger partial charge in [-0.1, -0.05) is 41.6 Å². The van der Waals surface area contributed by atoms with Crippen LogP contribution in [-0.2, 0) is 17.0 Å². The molecule has 142 valence electrons. The molecule has 27 heavy (non-hydrogen) atoms. The second-order valence-electron chi connectivity index (χ2n) is 6.16. The fourth-order valence-electron chi connectivity index (χ4n) is 2.75. The summed E-state index contributed by atoms with van der Waals surface area (Å²) in [6, 6.07) is 6.81. The predicted molar refractivity (Wildman–Crippen MR) is 102 cm³/mol. The van der Waals surface area contributed by atoms with E-state index in [-0.39, 0.29) is 24.9 Å². The summed E-state index contributed by atoms with van der Waals surface area (Å²) < 4.78 is 5.66. The highest BCUT2D eigenvalue weighted by molar-refractivity contribution is 7.98. The molecule has 2 unspecified atom stereocenters. The summed E-state index contributed by atoms with van der Waals surface area (Å²) in [6.07, 6.45) is 1.78. The van der Waals surface area contributed by atoms with Gasteiger partial charge in [0.25, 0.3) is 5.22 Å². The molecule has 3 rings (SSSR count). The van der Waals surface area contributed by atoms with Gasteiger partial charge in [0.1, 0.15) is 0 Å². The van der Waals surface area contributed by atoms with Crippen LogP contribution in [0.3, 0.4) is 0 Å². The van der Waals surface area contributed by atoms with E-state index in [0.717, 1.165) is 10.5 Å². The third kappa shape index (κ3) is 4.70. The van der Waals surface area contributed by atoms with E-state index < -0.39 is 11.9 Å². The molecule has 3 amide bonds. The minimum absolute atomic E-state index is 0.167. The Labute approximate surface area is 166 Å². The molecule has 2 atom stereocenters. The third-order valence-electron chi connectivity index (χ3n) is 4.21. The first kappa shape index (κ1) is 19.4. The van der Waals surface area contributed by atoms with Gasteiger partial charge in [-0.05, 0) is 24.6 Å². The summed E-state index contributed by atoms with van der Waals surface area (Å²) in [7, 11) is 0. The van der Waals surface area contributed by atoms with E-state index in [0.29, 0.717) is 21.9 Å². The maximum absolute atomic E-state index is 12.6. The minimum atomic E-state index is -0.461. The third-order valence-corrected chi connectivity index (χ3v) is 5.35. The first-order valence-electron chi connectivity index (χ1n) is 8.40.